The molecule has 0 saturated heterocycles. The lowest BCUT2D eigenvalue weighted by Gasteiger charge is -2.28. The topological polar surface area (TPSA) is 86.0 Å². The van der Waals surface area contributed by atoms with Crippen molar-refractivity contribution < 1.29 is 14.3 Å². The van der Waals surface area contributed by atoms with E-state index in [1.54, 1.807) is 36.3 Å². The van der Waals surface area contributed by atoms with Crippen molar-refractivity contribution >= 4 is 23.2 Å². The molecule has 0 fully saturated rings. The number of methoxy groups -OCH3 is 1. The highest BCUT2D eigenvalue weighted by atomic mass is 16.5. The summed E-state index contributed by atoms with van der Waals surface area (Å²) >= 11 is 0. The second-order valence-corrected chi connectivity index (χ2v) is 10.4. The predicted molar refractivity (Wildman–Crippen MR) is 161 cm³/mol. The number of rotatable bonds is 5. The molecule has 0 aromatic heterocycles. The average Bonchev–Trinajstić information content (AvgIpc) is 3.15. The molecule has 0 saturated carbocycles. The van der Waals surface area contributed by atoms with Crippen molar-refractivity contribution in [1.29, 1.82) is 5.26 Å². The van der Waals surface area contributed by atoms with Crippen molar-refractivity contribution in [2.24, 2.45) is 5.10 Å². The molecule has 4 aromatic carbocycles. The van der Waals surface area contributed by atoms with Crippen LogP contribution in [0.3, 0.4) is 0 Å². The minimum Gasteiger partial charge on any atom is -0.497 e. The molecule has 0 aliphatic carbocycles. The maximum absolute atomic E-state index is 14.8. The van der Waals surface area contributed by atoms with Gasteiger partial charge in [-0.15, -0.1) is 0 Å². The highest BCUT2D eigenvalue weighted by Gasteiger charge is 2.55. The van der Waals surface area contributed by atoms with E-state index in [4.69, 9.17) is 9.84 Å². The first-order chi connectivity index (χ1) is 20.4. The van der Waals surface area contributed by atoms with Crippen molar-refractivity contribution in [2.45, 2.75) is 25.3 Å². The van der Waals surface area contributed by atoms with Crippen LogP contribution in [0.5, 0.6) is 5.75 Å². The van der Waals surface area contributed by atoms with Crippen molar-refractivity contribution in [3.05, 3.63) is 143 Å². The number of hydrogen-bond acceptors (Lipinski definition) is 5. The first kappa shape index (κ1) is 26.7. The summed E-state index contributed by atoms with van der Waals surface area (Å²) in [4.78, 5) is 30.2. The Hall–Kier alpha value is -5.48. The Kier molecular flexibility index (Phi) is 6.89. The van der Waals surface area contributed by atoms with Crippen LogP contribution in [-0.2, 0) is 16.8 Å². The molecule has 1 spiro atoms. The highest BCUT2D eigenvalue weighted by molar-refractivity contribution is 6.16. The molecule has 0 radical (unpaired) electrons. The number of ether oxygens (including phenoxy) is 1. The zero-order valence-electron chi connectivity index (χ0n) is 23.3. The molecule has 6 rings (SSSR count). The average molecular weight is 553 g/mol. The fraction of sp³-hybridized carbons (Fsp3) is 0.143. The molecule has 0 bridgehead atoms. The fourth-order valence-corrected chi connectivity index (χ4v) is 5.69. The third-order valence-electron chi connectivity index (χ3n) is 7.84. The lowest BCUT2D eigenvalue weighted by molar-refractivity contribution is -0.121. The number of nitrogens with zero attached hydrogens (tertiary/aromatic N) is 4. The number of hydrazone groups is 1. The van der Waals surface area contributed by atoms with Gasteiger partial charge in [-0.2, -0.15) is 10.4 Å². The van der Waals surface area contributed by atoms with Crippen molar-refractivity contribution in [1.82, 2.24) is 5.01 Å². The Morgan fingerprint density at radius 3 is 2.33 bits per heavy atom. The molecule has 42 heavy (non-hydrogen) atoms. The third-order valence-corrected chi connectivity index (χ3v) is 7.84. The molecule has 2 aliphatic rings. The molecule has 2 heterocycles. The Bertz CT molecular complexity index is 1770. The zero-order valence-corrected chi connectivity index (χ0v) is 23.3. The third kappa shape index (κ3) is 4.53. The fourth-order valence-electron chi connectivity index (χ4n) is 5.69. The molecule has 0 N–H and O–H groups in total. The maximum atomic E-state index is 14.8. The van der Waals surface area contributed by atoms with Gasteiger partial charge in [0.2, 0.25) is 5.91 Å². The smallest absolute Gasteiger partial charge is 0.278 e. The van der Waals surface area contributed by atoms with Gasteiger partial charge in [0.05, 0.1) is 31.0 Å². The lowest BCUT2D eigenvalue weighted by atomic mass is 9.71. The predicted octanol–water partition coefficient (Wildman–Crippen LogP) is 6.15. The quantitative estimate of drug-likeness (QED) is 0.297. The van der Waals surface area contributed by atoms with Crippen LogP contribution in [0.25, 0.3) is 0 Å². The van der Waals surface area contributed by atoms with Crippen LogP contribution in [0.2, 0.25) is 0 Å². The number of aryl methyl sites for hydroxylation is 1. The molecule has 2 aliphatic heterocycles. The van der Waals surface area contributed by atoms with E-state index in [-0.39, 0.29) is 17.9 Å². The Morgan fingerprint density at radius 1 is 0.976 bits per heavy atom. The van der Waals surface area contributed by atoms with E-state index in [0.717, 1.165) is 27.9 Å². The van der Waals surface area contributed by atoms with Crippen LogP contribution in [-0.4, -0.2) is 29.6 Å². The molecule has 2 amide bonds. The van der Waals surface area contributed by atoms with E-state index in [1.165, 1.54) is 11.2 Å². The number of benzene rings is 4. The first-order valence-corrected chi connectivity index (χ1v) is 13.6. The second-order valence-electron chi connectivity index (χ2n) is 10.4. The number of nitriles is 1. The van der Waals surface area contributed by atoms with Crippen LogP contribution in [0.4, 0.5) is 5.69 Å². The normalized spacial score (nSPS) is 17.7. The summed E-state index contributed by atoms with van der Waals surface area (Å²) in [7, 11) is 1.59. The van der Waals surface area contributed by atoms with Crippen LogP contribution < -0.4 is 9.64 Å². The molecule has 7 heteroatoms. The van der Waals surface area contributed by atoms with Gasteiger partial charge in [0.1, 0.15) is 11.2 Å². The van der Waals surface area contributed by atoms with E-state index in [0.29, 0.717) is 23.6 Å². The Balaban J connectivity index is 1.56. The summed E-state index contributed by atoms with van der Waals surface area (Å²) in [6.07, 6.45) is 1.53. The van der Waals surface area contributed by atoms with E-state index < -0.39 is 11.3 Å². The number of fused-ring (bicyclic) bond motifs is 2. The molecular weight excluding hydrogens is 524 g/mol. The second kappa shape index (κ2) is 10.8. The van der Waals surface area contributed by atoms with E-state index >= 15 is 0 Å². The number of amides is 2. The summed E-state index contributed by atoms with van der Waals surface area (Å²) in [6.45, 7) is 2.31. The molecule has 206 valence electrons. The first-order valence-electron chi connectivity index (χ1n) is 13.6. The van der Waals surface area contributed by atoms with Gasteiger partial charge in [-0.1, -0.05) is 66.2 Å². The summed E-state index contributed by atoms with van der Waals surface area (Å²) in [5, 5.41) is 16.6. The summed E-state index contributed by atoms with van der Waals surface area (Å²) < 4.78 is 5.35. The summed E-state index contributed by atoms with van der Waals surface area (Å²) in [6, 6.07) is 34.1. The van der Waals surface area contributed by atoms with Gasteiger partial charge in [-0.05, 0) is 66.1 Å². The van der Waals surface area contributed by atoms with Crippen LogP contribution >= 0.6 is 0 Å². The summed E-state index contributed by atoms with van der Waals surface area (Å²) in [5.41, 5.74) is 3.82. The number of carbonyl (C=O) groups is 2. The summed E-state index contributed by atoms with van der Waals surface area (Å²) in [5.74, 6) is 0.0418. The Morgan fingerprint density at radius 2 is 1.67 bits per heavy atom. The van der Waals surface area contributed by atoms with Gasteiger partial charge in [0.25, 0.3) is 5.91 Å². The zero-order chi connectivity index (χ0) is 29.3. The highest BCUT2D eigenvalue weighted by Crippen LogP contribution is 2.51. The van der Waals surface area contributed by atoms with Gasteiger partial charge in [0.15, 0.2) is 0 Å². The standard InChI is InChI=1S/C35H28N4O3/c1-24-13-18-32-30(19-24)35(34(41)38(32)22-25-9-5-3-6-10-25)20-31(26-14-16-29(42-2)17-15-26)37-39(23-28(35)21-36)33(40)27-11-7-4-8-12-27/h3-19,23H,20,22H2,1-2H3. The van der Waals surface area contributed by atoms with Crippen LogP contribution in [0, 0.1) is 18.3 Å². The van der Waals surface area contributed by atoms with Gasteiger partial charge in [-0.25, -0.2) is 5.01 Å². The monoisotopic (exact) mass is 552 g/mol. The molecule has 4 aromatic rings. The largest absolute Gasteiger partial charge is 0.497 e. The van der Waals surface area contributed by atoms with Crippen LogP contribution in [0.15, 0.2) is 120 Å². The minimum absolute atomic E-state index is 0.0951. The molecule has 1 atom stereocenters. The van der Waals surface area contributed by atoms with Crippen molar-refractivity contribution in [3.63, 3.8) is 0 Å². The van der Waals surface area contributed by atoms with E-state index in [1.807, 2.05) is 85.8 Å². The van der Waals surface area contributed by atoms with Gasteiger partial charge in [-0.3, -0.25) is 9.59 Å². The minimum atomic E-state index is -1.38. The van der Waals surface area contributed by atoms with Gasteiger partial charge >= 0.3 is 0 Å². The van der Waals surface area contributed by atoms with E-state index in [2.05, 4.69) is 6.07 Å². The lowest BCUT2D eigenvalue weighted by Crippen LogP contribution is -2.42. The number of hydrogen-bond donors (Lipinski definition) is 0. The van der Waals surface area contributed by atoms with Crippen molar-refractivity contribution in [2.75, 3.05) is 12.0 Å². The van der Waals surface area contributed by atoms with Crippen LogP contribution in [0.1, 0.15) is 39.0 Å². The van der Waals surface area contributed by atoms with E-state index in [9.17, 15) is 14.9 Å². The maximum Gasteiger partial charge on any atom is 0.278 e. The van der Waals surface area contributed by atoms with Gasteiger partial charge in [0, 0.05) is 23.9 Å². The molecule has 7 nitrogen and oxygen atoms in total. The van der Waals surface area contributed by atoms with Gasteiger partial charge < -0.3 is 9.64 Å². The molecular formula is C35H28N4O3. The molecule has 1 unspecified atom stereocenters. The number of anilines is 1. The number of carbonyl (C=O) groups excluding carboxylic acids is 2. The van der Waals surface area contributed by atoms with Crippen molar-refractivity contribution in [3.8, 4) is 11.8 Å². The SMILES string of the molecule is COc1ccc(C2=NN(C(=O)c3ccccc3)C=C(C#N)C3(C2)C(=O)N(Cc2ccccc2)c2ccc(C)cc23)cc1. The Labute approximate surface area is 244 Å².